The first-order valence-electron chi connectivity index (χ1n) is 8.45. The minimum atomic E-state index is -0.618. The van der Waals surface area contributed by atoms with E-state index in [1.54, 1.807) is 0 Å². The van der Waals surface area contributed by atoms with Crippen LogP contribution in [0.4, 0.5) is 4.79 Å². The molecule has 0 radical (unpaired) electrons. The van der Waals surface area contributed by atoms with Gasteiger partial charge in [0.15, 0.2) is 6.23 Å². The fourth-order valence-corrected chi connectivity index (χ4v) is 2.82. The van der Waals surface area contributed by atoms with Crippen molar-refractivity contribution >= 4 is 12.1 Å². The van der Waals surface area contributed by atoms with Gasteiger partial charge >= 0.3 is 12.1 Å². The maximum absolute atomic E-state index is 12.7. The lowest BCUT2D eigenvalue weighted by Crippen LogP contribution is -2.50. The van der Waals surface area contributed by atoms with Crippen LogP contribution in [0.25, 0.3) is 0 Å². The molecule has 1 aliphatic heterocycles. The summed E-state index contributed by atoms with van der Waals surface area (Å²) in [6, 6.07) is 8.89. The van der Waals surface area contributed by atoms with E-state index in [9.17, 15) is 9.59 Å². The van der Waals surface area contributed by atoms with Gasteiger partial charge in [-0.3, -0.25) is 4.90 Å². The average molecular weight is 333 g/mol. The van der Waals surface area contributed by atoms with Gasteiger partial charge in [-0.15, -0.1) is 0 Å². The zero-order valence-corrected chi connectivity index (χ0v) is 15.1. The number of cyclic esters (lactones) is 1. The number of amides is 1. The lowest BCUT2D eigenvalue weighted by atomic mass is 9.92. The number of rotatable bonds is 4. The summed E-state index contributed by atoms with van der Waals surface area (Å²) in [6.45, 7) is 9.96. The minimum absolute atomic E-state index is 0.00845. The molecule has 0 bridgehead atoms. The number of nitrogens with zero attached hydrogens (tertiary/aromatic N) is 1. The molecule has 3 atom stereocenters. The standard InChI is InChI=1S/C19H27NO4/c1-6-13(2)15-16(21)24-17(19(3,4)5)20(15)18(22)23-12-14-10-8-7-9-11-14/h7-11,13,15,17H,6,12H2,1-5H3/t13-,15-,17+/m0/s1. The lowest BCUT2D eigenvalue weighted by Gasteiger charge is -2.34. The molecule has 24 heavy (non-hydrogen) atoms. The zero-order chi connectivity index (χ0) is 17.9. The summed E-state index contributed by atoms with van der Waals surface area (Å²) in [5, 5.41) is 0. The third kappa shape index (κ3) is 3.89. The third-order valence-electron chi connectivity index (χ3n) is 4.36. The molecule has 1 heterocycles. The van der Waals surface area contributed by atoms with Crippen molar-refractivity contribution in [1.29, 1.82) is 0 Å². The molecule has 5 heteroatoms. The molecule has 1 saturated heterocycles. The predicted octanol–water partition coefficient (Wildman–Crippen LogP) is 3.97. The summed E-state index contributed by atoms with van der Waals surface area (Å²) in [5.41, 5.74) is 0.522. The summed E-state index contributed by atoms with van der Waals surface area (Å²) in [5.74, 6) is -0.338. The molecule has 0 saturated carbocycles. The van der Waals surface area contributed by atoms with Crippen molar-refractivity contribution in [1.82, 2.24) is 4.90 Å². The maximum Gasteiger partial charge on any atom is 0.413 e. The van der Waals surface area contributed by atoms with Gasteiger partial charge in [0.05, 0.1) is 0 Å². The largest absolute Gasteiger partial charge is 0.444 e. The molecule has 1 amide bonds. The van der Waals surface area contributed by atoms with Crippen LogP contribution in [-0.2, 0) is 20.9 Å². The van der Waals surface area contributed by atoms with Gasteiger partial charge in [0.25, 0.3) is 0 Å². The van der Waals surface area contributed by atoms with Gasteiger partial charge in [-0.1, -0.05) is 71.4 Å². The lowest BCUT2D eigenvalue weighted by molar-refractivity contribution is -0.147. The molecule has 5 nitrogen and oxygen atoms in total. The summed E-state index contributed by atoms with van der Waals surface area (Å²) >= 11 is 0. The van der Waals surface area contributed by atoms with Crippen LogP contribution < -0.4 is 0 Å². The van der Waals surface area contributed by atoms with Crippen LogP contribution in [0.15, 0.2) is 30.3 Å². The molecule has 132 valence electrons. The van der Waals surface area contributed by atoms with Crippen LogP contribution in [0.5, 0.6) is 0 Å². The van der Waals surface area contributed by atoms with Gasteiger partial charge in [-0.2, -0.15) is 0 Å². The molecule has 1 aliphatic rings. The van der Waals surface area contributed by atoms with Crippen molar-refractivity contribution < 1.29 is 19.1 Å². The maximum atomic E-state index is 12.7. The van der Waals surface area contributed by atoms with Gasteiger partial charge in [0.1, 0.15) is 12.6 Å². The second kappa shape index (κ2) is 7.24. The second-order valence-electron chi connectivity index (χ2n) is 7.43. The van der Waals surface area contributed by atoms with E-state index < -0.39 is 18.4 Å². The van der Waals surface area contributed by atoms with E-state index in [1.165, 1.54) is 4.90 Å². The van der Waals surface area contributed by atoms with Gasteiger partial charge in [-0.25, -0.2) is 9.59 Å². The second-order valence-corrected chi connectivity index (χ2v) is 7.43. The Morgan fingerprint density at radius 1 is 1.29 bits per heavy atom. The number of hydrogen-bond acceptors (Lipinski definition) is 4. The highest BCUT2D eigenvalue weighted by molar-refractivity contribution is 5.85. The van der Waals surface area contributed by atoms with Crippen LogP contribution in [0.2, 0.25) is 0 Å². The zero-order valence-electron chi connectivity index (χ0n) is 15.1. The van der Waals surface area contributed by atoms with Crippen LogP contribution >= 0.6 is 0 Å². The highest BCUT2D eigenvalue weighted by Crippen LogP contribution is 2.36. The molecular weight excluding hydrogens is 306 g/mol. The minimum Gasteiger partial charge on any atom is -0.444 e. The van der Waals surface area contributed by atoms with E-state index in [-0.39, 0.29) is 23.9 Å². The first kappa shape index (κ1) is 18.3. The summed E-state index contributed by atoms with van der Waals surface area (Å²) in [7, 11) is 0. The molecule has 0 spiro atoms. The SMILES string of the molecule is CC[C@H](C)[C@H]1C(=O)O[C@H](C(C)(C)C)N1C(=O)OCc1ccccc1. The topological polar surface area (TPSA) is 55.8 Å². The number of esters is 1. The first-order chi connectivity index (χ1) is 11.3. The van der Waals surface area contributed by atoms with E-state index in [1.807, 2.05) is 65.0 Å². The quantitative estimate of drug-likeness (QED) is 0.782. The Morgan fingerprint density at radius 3 is 2.46 bits per heavy atom. The Hall–Kier alpha value is -2.04. The predicted molar refractivity (Wildman–Crippen MR) is 91.0 cm³/mol. The van der Waals surface area contributed by atoms with Gasteiger partial charge in [-0.05, 0) is 11.5 Å². The molecular formula is C19H27NO4. The molecule has 1 aromatic rings. The number of benzene rings is 1. The molecule has 1 aromatic carbocycles. The van der Waals surface area contributed by atoms with Crippen molar-refractivity contribution in [2.75, 3.05) is 0 Å². The third-order valence-corrected chi connectivity index (χ3v) is 4.36. The average Bonchev–Trinajstić information content (AvgIpc) is 2.90. The van der Waals surface area contributed by atoms with E-state index >= 15 is 0 Å². The van der Waals surface area contributed by atoms with Crippen molar-refractivity contribution in [3.8, 4) is 0 Å². The van der Waals surface area contributed by atoms with Crippen LogP contribution in [0.3, 0.4) is 0 Å². The molecule has 0 aromatic heterocycles. The number of ether oxygens (including phenoxy) is 2. The van der Waals surface area contributed by atoms with Crippen molar-refractivity contribution in [3.05, 3.63) is 35.9 Å². The summed E-state index contributed by atoms with van der Waals surface area (Å²) in [4.78, 5) is 26.6. The molecule has 0 N–H and O–H groups in total. The Kier molecular flexibility index (Phi) is 5.52. The van der Waals surface area contributed by atoms with Crippen molar-refractivity contribution in [2.24, 2.45) is 11.3 Å². The Morgan fingerprint density at radius 2 is 1.92 bits per heavy atom. The normalized spacial score (nSPS) is 22.2. The first-order valence-corrected chi connectivity index (χ1v) is 8.45. The Balaban J connectivity index is 2.19. The van der Waals surface area contributed by atoms with Crippen LogP contribution in [-0.4, -0.2) is 29.2 Å². The highest BCUT2D eigenvalue weighted by atomic mass is 16.6. The fourth-order valence-electron chi connectivity index (χ4n) is 2.82. The summed E-state index contributed by atoms with van der Waals surface area (Å²) < 4.78 is 11.0. The fraction of sp³-hybridized carbons (Fsp3) is 0.579. The van der Waals surface area contributed by atoms with Gasteiger partial charge < -0.3 is 9.47 Å². The number of carbonyl (C=O) groups excluding carboxylic acids is 2. The van der Waals surface area contributed by atoms with Crippen LogP contribution in [0, 0.1) is 11.3 Å². The highest BCUT2D eigenvalue weighted by Gasteiger charge is 2.52. The van der Waals surface area contributed by atoms with E-state index in [4.69, 9.17) is 9.47 Å². The molecule has 2 rings (SSSR count). The Bertz CT molecular complexity index is 579. The van der Waals surface area contributed by atoms with Gasteiger partial charge in [0, 0.05) is 5.41 Å². The summed E-state index contributed by atoms with van der Waals surface area (Å²) in [6.07, 6.45) is -0.346. The molecule has 0 unspecified atom stereocenters. The van der Waals surface area contributed by atoms with Gasteiger partial charge in [0.2, 0.25) is 0 Å². The number of carbonyl (C=O) groups is 2. The van der Waals surface area contributed by atoms with E-state index in [0.717, 1.165) is 12.0 Å². The van der Waals surface area contributed by atoms with Crippen molar-refractivity contribution in [2.45, 2.75) is 59.9 Å². The van der Waals surface area contributed by atoms with Crippen molar-refractivity contribution in [3.63, 3.8) is 0 Å². The van der Waals surface area contributed by atoms with E-state index in [2.05, 4.69) is 0 Å². The van der Waals surface area contributed by atoms with Crippen LogP contribution in [0.1, 0.15) is 46.6 Å². The monoisotopic (exact) mass is 333 g/mol. The van der Waals surface area contributed by atoms with E-state index in [0.29, 0.717) is 0 Å². The number of hydrogen-bond donors (Lipinski definition) is 0. The molecule has 1 fully saturated rings. The molecule has 0 aliphatic carbocycles. The smallest absolute Gasteiger partial charge is 0.413 e. The Labute approximate surface area is 143 Å².